The Morgan fingerprint density at radius 2 is 2.00 bits per heavy atom. The predicted molar refractivity (Wildman–Crippen MR) is 68.2 cm³/mol. The van der Waals surface area contributed by atoms with Crippen LogP contribution in [-0.4, -0.2) is 26.5 Å². The van der Waals surface area contributed by atoms with Gasteiger partial charge in [0, 0.05) is 0 Å². The minimum atomic E-state index is -0.667. The van der Waals surface area contributed by atoms with E-state index in [0.717, 1.165) is 12.0 Å². The molecule has 0 fully saturated rings. The summed E-state index contributed by atoms with van der Waals surface area (Å²) in [6.07, 6.45) is 3.80. The molecule has 0 aliphatic heterocycles. The van der Waals surface area contributed by atoms with Crippen LogP contribution in [0.25, 0.3) is 0 Å². The highest BCUT2D eigenvalue weighted by Gasteiger charge is 1.95. The van der Waals surface area contributed by atoms with Gasteiger partial charge in [0.1, 0.15) is 6.61 Å². The third kappa shape index (κ3) is 6.70. The van der Waals surface area contributed by atoms with Gasteiger partial charge in [-0.05, 0) is 12.0 Å². The molecule has 0 N–H and O–H groups in total. The molecule has 1 aromatic rings. The van der Waals surface area contributed by atoms with Gasteiger partial charge in [-0.3, -0.25) is 0 Å². The maximum Gasteiger partial charge on any atom is 0.508 e. The van der Waals surface area contributed by atoms with E-state index in [1.807, 2.05) is 36.4 Å². The van der Waals surface area contributed by atoms with Crippen LogP contribution in [0.4, 0.5) is 4.79 Å². The van der Waals surface area contributed by atoms with Crippen molar-refractivity contribution in [3.8, 4) is 0 Å². The number of hydrogen-bond donors (Lipinski definition) is 0. The summed E-state index contributed by atoms with van der Waals surface area (Å²) >= 11 is 0. The quantitative estimate of drug-likeness (QED) is 0.424. The lowest BCUT2D eigenvalue weighted by atomic mass is 10.2. The van der Waals surface area contributed by atoms with E-state index in [4.69, 9.17) is 4.74 Å². The van der Waals surface area contributed by atoms with Crippen LogP contribution < -0.4 is 0 Å². The van der Waals surface area contributed by atoms with Crippen molar-refractivity contribution in [1.82, 2.24) is 0 Å². The third-order valence-electron chi connectivity index (χ3n) is 2.17. The van der Waals surface area contributed by atoms with Crippen molar-refractivity contribution in [3.05, 3.63) is 48.0 Å². The van der Waals surface area contributed by atoms with Gasteiger partial charge in [-0.1, -0.05) is 42.5 Å². The molecule has 1 aromatic carbocycles. The SMILES string of the molecule is COC(=O)OCC=CCCOCc1ccccc1. The second-order valence-electron chi connectivity index (χ2n) is 3.56. The summed E-state index contributed by atoms with van der Waals surface area (Å²) in [5.41, 5.74) is 1.16. The first-order chi connectivity index (χ1) is 8.83. The molecular formula is C14H18O4. The number of methoxy groups -OCH3 is 1. The van der Waals surface area contributed by atoms with Crippen molar-refractivity contribution in [3.63, 3.8) is 0 Å². The third-order valence-corrected chi connectivity index (χ3v) is 2.17. The maximum absolute atomic E-state index is 10.6. The lowest BCUT2D eigenvalue weighted by Gasteiger charge is -2.02. The van der Waals surface area contributed by atoms with Crippen molar-refractivity contribution in [2.75, 3.05) is 20.3 Å². The maximum atomic E-state index is 10.6. The topological polar surface area (TPSA) is 44.8 Å². The van der Waals surface area contributed by atoms with Crippen LogP contribution in [0.1, 0.15) is 12.0 Å². The van der Waals surface area contributed by atoms with E-state index < -0.39 is 6.16 Å². The molecule has 98 valence electrons. The molecule has 0 amide bonds. The van der Waals surface area contributed by atoms with E-state index in [0.29, 0.717) is 13.2 Å². The number of carbonyl (C=O) groups excluding carboxylic acids is 1. The first-order valence-electron chi connectivity index (χ1n) is 5.80. The molecule has 0 unspecified atom stereocenters. The summed E-state index contributed by atoms with van der Waals surface area (Å²) in [5, 5.41) is 0. The molecule has 4 nitrogen and oxygen atoms in total. The largest absolute Gasteiger partial charge is 0.508 e. The van der Waals surface area contributed by atoms with Crippen molar-refractivity contribution in [1.29, 1.82) is 0 Å². The molecule has 0 aliphatic carbocycles. The molecule has 18 heavy (non-hydrogen) atoms. The highest BCUT2D eigenvalue weighted by Crippen LogP contribution is 2.00. The molecule has 0 saturated heterocycles. The van der Waals surface area contributed by atoms with E-state index >= 15 is 0 Å². The van der Waals surface area contributed by atoms with E-state index in [1.54, 1.807) is 6.08 Å². The van der Waals surface area contributed by atoms with Crippen LogP contribution >= 0.6 is 0 Å². The zero-order valence-corrected chi connectivity index (χ0v) is 10.5. The van der Waals surface area contributed by atoms with Gasteiger partial charge in [-0.25, -0.2) is 4.79 Å². The minimum Gasteiger partial charge on any atom is -0.438 e. The first kappa shape index (κ1) is 14.3. The summed E-state index contributed by atoms with van der Waals surface area (Å²) in [5.74, 6) is 0. The summed E-state index contributed by atoms with van der Waals surface area (Å²) < 4.78 is 14.5. The van der Waals surface area contributed by atoms with Crippen LogP contribution in [0.2, 0.25) is 0 Å². The van der Waals surface area contributed by atoms with Gasteiger partial charge in [0.2, 0.25) is 0 Å². The lowest BCUT2D eigenvalue weighted by molar-refractivity contribution is 0.0817. The number of ether oxygens (including phenoxy) is 3. The van der Waals surface area contributed by atoms with Crippen molar-refractivity contribution in [2.24, 2.45) is 0 Å². The fourth-order valence-corrected chi connectivity index (χ4v) is 1.28. The summed E-state index contributed by atoms with van der Waals surface area (Å²) in [6.45, 7) is 1.49. The summed E-state index contributed by atoms with van der Waals surface area (Å²) in [4.78, 5) is 10.6. The molecule has 4 heteroatoms. The van der Waals surface area contributed by atoms with E-state index in [-0.39, 0.29) is 6.61 Å². The zero-order valence-electron chi connectivity index (χ0n) is 10.5. The van der Waals surface area contributed by atoms with Gasteiger partial charge in [0.15, 0.2) is 0 Å². The van der Waals surface area contributed by atoms with Gasteiger partial charge in [0.25, 0.3) is 0 Å². The molecule has 0 atom stereocenters. The Balaban J connectivity index is 1.98. The van der Waals surface area contributed by atoms with Crippen LogP contribution in [0.5, 0.6) is 0 Å². The number of benzene rings is 1. The summed E-state index contributed by atoms with van der Waals surface area (Å²) in [6, 6.07) is 10.0. The number of carbonyl (C=O) groups is 1. The number of hydrogen-bond acceptors (Lipinski definition) is 4. The molecule has 0 aromatic heterocycles. The molecule has 0 saturated carbocycles. The predicted octanol–water partition coefficient (Wildman–Crippen LogP) is 2.93. The minimum absolute atomic E-state index is 0.228. The van der Waals surface area contributed by atoms with Crippen LogP contribution in [-0.2, 0) is 20.8 Å². The lowest BCUT2D eigenvalue weighted by Crippen LogP contribution is -2.03. The van der Waals surface area contributed by atoms with E-state index in [1.165, 1.54) is 7.11 Å². The monoisotopic (exact) mass is 250 g/mol. The van der Waals surface area contributed by atoms with Crippen molar-refractivity contribution in [2.45, 2.75) is 13.0 Å². The Morgan fingerprint density at radius 3 is 2.72 bits per heavy atom. The fourth-order valence-electron chi connectivity index (χ4n) is 1.28. The fraction of sp³-hybridized carbons (Fsp3) is 0.357. The highest BCUT2D eigenvalue weighted by atomic mass is 16.7. The molecule has 0 bridgehead atoms. The second-order valence-corrected chi connectivity index (χ2v) is 3.56. The normalized spacial score (nSPS) is 10.5. The van der Waals surface area contributed by atoms with Gasteiger partial charge in [-0.15, -0.1) is 0 Å². The first-order valence-corrected chi connectivity index (χ1v) is 5.80. The van der Waals surface area contributed by atoms with Crippen LogP contribution in [0, 0.1) is 0 Å². The molecule has 0 heterocycles. The zero-order chi connectivity index (χ0) is 13.1. The Hall–Kier alpha value is -1.81. The standard InChI is InChI=1S/C14H18O4/c1-16-14(15)18-11-7-3-6-10-17-12-13-8-4-2-5-9-13/h2-5,7-9H,6,10-12H2,1H3. The van der Waals surface area contributed by atoms with Crippen molar-refractivity contribution < 1.29 is 19.0 Å². The molecule has 0 radical (unpaired) electrons. The number of rotatable bonds is 7. The van der Waals surface area contributed by atoms with Gasteiger partial charge in [0.05, 0.1) is 20.3 Å². The highest BCUT2D eigenvalue weighted by molar-refractivity contribution is 5.59. The molecule has 0 aliphatic rings. The Kier molecular flexibility index (Phi) is 7.32. The van der Waals surface area contributed by atoms with Gasteiger partial charge >= 0.3 is 6.16 Å². The van der Waals surface area contributed by atoms with Crippen LogP contribution in [0.15, 0.2) is 42.5 Å². The Bertz CT molecular complexity index is 359. The molecular weight excluding hydrogens is 232 g/mol. The van der Waals surface area contributed by atoms with Gasteiger partial charge < -0.3 is 14.2 Å². The average Bonchev–Trinajstić information content (AvgIpc) is 2.42. The van der Waals surface area contributed by atoms with Crippen molar-refractivity contribution >= 4 is 6.16 Å². The van der Waals surface area contributed by atoms with E-state index in [2.05, 4.69) is 9.47 Å². The molecule has 1 rings (SSSR count). The summed E-state index contributed by atoms with van der Waals surface area (Å²) in [7, 11) is 1.28. The van der Waals surface area contributed by atoms with Gasteiger partial charge in [-0.2, -0.15) is 0 Å². The smallest absolute Gasteiger partial charge is 0.438 e. The van der Waals surface area contributed by atoms with Crippen LogP contribution in [0.3, 0.4) is 0 Å². The Morgan fingerprint density at radius 1 is 1.22 bits per heavy atom. The second kappa shape index (κ2) is 9.24. The average molecular weight is 250 g/mol. The molecule has 0 spiro atoms. The Labute approximate surface area is 107 Å². The van der Waals surface area contributed by atoms with E-state index in [9.17, 15) is 4.79 Å².